The maximum atomic E-state index is 8.93. The molecule has 0 bridgehead atoms. The molecule has 3 rings (SSSR count). The Morgan fingerprint density at radius 3 is 2.00 bits per heavy atom. The second-order valence-electron chi connectivity index (χ2n) is 4.93. The number of rotatable bonds is 3. The molecule has 0 aromatic heterocycles. The lowest BCUT2D eigenvalue weighted by molar-refractivity contribution is 1.20. The zero-order valence-electron chi connectivity index (χ0n) is 11.2. The van der Waals surface area contributed by atoms with Gasteiger partial charge < -0.3 is 0 Å². The Morgan fingerprint density at radius 1 is 0.700 bits per heavy atom. The predicted molar refractivity (Wildman–Crippen MR) is 82.5 cm³/mol. The highest BCUT2D eigenvalue weighted by molar-refractivity contribution is 5.89. The highest BCUT2D eigenvalue weighted by Gasteiger charge is 2.06. The van der Waals surface area contributed by atoms with Gasteiger partial charge in [0.25, 0.3) is 0 Å². The molecule has 96 valence electrons. The summed E-state index contributed by atoms with van der Waals surface area (Å²) in [6.45, 7) is 0. The average Bonchev–Trinajstić information content (AvgIpc) is 2.51. The van der Waals surface area contributed by atoms with Crippen molar-refractivity contribution in [1.82, 2.24) is 0 Å². The van der Waals surface area contributed by atoms with Crippen molar-refractivity contribution in [2.45, 2.75) is 12.8 Å². The maximum absolute atomic E-state index is 8.93. The number of hydrogen-bond acceptors (Lipinski definition) is 1. The maximum Gasteiger partial charge on any atom is 0.0669 e. The van der Waals surface area contributed by atoms with Crippen LogP contribution in [0.25, 0.3) is 10.8 Å². The molecule has 0 aliphatic rings. The van der Waals surface area contributed by atoms with Crippen LogP contribution in [0.1, 0.15) is 16.7 Å². The lowest BCUT2D eigenvalue weighted by Crippen LogP contribution is -1.93. The van der Waals surface area contributed by atoms with Crippen LogP contribution in [0.2, 0.25) is 0 Å². The van der Waals surface area contributed by atoms with Gasteiger partial charge >= 0.3 is 0 Å². The van der Waals surface area contributed by atoms with E-state index in [4.69, 9.17) is 5.26 Å². The monoisotopic (exact) mass is 257 g/mol. The molecule has 0 saturated heterocycles. The summed E-state index contributed by atoms with van der Waals surface area (Å²) in [5.41, 5.74) is 3.74. The minimum atomic E-state index is 0.464. The second kappa shape index (κ2) is 5.59. The van der Waals surface area contributed by atoms with Gasteiger partial charge in [0.15, 0.2) is 0 Å². The molecule has 1 nitrogen and oxygen atoms in total. The van der Waals surface area contributed by atoms with Crippen molar-refractivity contribution in [2.75, 3.05) is 0 Å². The van der Waals surface area contributed by atoms with E-state index in [9.17, 15) is 0 Å². The quantitative estimate of drug-likeness (QED) is 0.678. The number of nitriles is 1. The normalized spacial score (nSPS) is 10.3. The molecule has 0 aliphatic carbocycles. The molecule has 0 saturated carbocycles. The highest BCUT2D eigenvalue weighted by Crippen LogP contribution is 2.25. The molecule has 1 heteroatoms. The van der Waals surface area contributed by atoms with Crippen molar-refractivity contribution in [1.29, 1.82) is 5.26 Å². The third-order valence-corrected chi connectivity index (χ3v) is 3.61. The fraction of sp³-hybridized carbons (Fsp3) is 0.105. The second-order valence-corrected chi connectivity index (χ2v) is 4.93. The Bertz CT molecular complexity index is 767. The summed E-state index contributed by atoms with van der Waals surface area (Å²) in [6.07, 6.45) is 1.39. The Labute approximate surface area is 119 Å². The van der Waals surface area contributed by atoms with Gasteiger partial charge in [0.05, 0.1) is 12.5 Å². The van der Waals surface area contributed by atoms with E-state index in [-0.39, 0.29) is 0 Å². The summed E-state index contributed by atoms with van der Waals surface area (Å²) < 4.78 is 0. The van der Waals surface area contributed by atoms with E-state index in [0.717, 1.165) is 12.0 Å². The number of hydrogen-bond donors (Lipinski definition) is 0. The summed E-state index contributed by atoms with van der Waals surface area (Å²) in [5.74, 6) is 0. The summed E-state index contributed by atoms with van der Waals surface area (Å²) in [6, 6.07) is 25.3. The van der Waals surface area contributed by atoms with Crippen LogP contribution in [-0.4, -0.2) is 0 Å². The number of fused-ring (bicyclic) bond motifs is 1. The summed E-state index contributed by atoms with van der Waals surface area (Å²) in [4.78, 5) is 0. The fourth-order valence-corrected chi connectivity index (χ4v) is 2.63. The molecule has 3 aromatic rings. The molecule has 0 aliphatic heterocycles. The van der Waals surface area contributed by atoms with Crippen LogP contribution in [0, 0.1) is 11.3 Å². The van der Waals surface area contributed by atoms with Crippen LogP contribution in [0.5, 0.6) is 0 Å². The number of benzene rings is 3. The van der Waals surface area contributed by atoms with E-state index < -0.39 is 0 Å². The van der Waals surface area contributed by atoms with Crippen molar-refractivity contribution >= 4 is 10.8 Å². The molecule has 0 heterocycles. The Balaban J connectivity index is 2.09. The van der Waals surface area contributed by atoms with E-state index in [1.807, 2.05) is 12.1 Å². The first-order chi connectivity index (χ1) is 9.88. The SMILES string of the molecule is N#CCc1ccc(Cc2ccccc2)c2ccccc12. The van der Waals surface area contributed by atoms with Gasteiger partial charge in [0.1, 0.15) is 0 Å². The molecule has 0 spiro atoms. The lowest BCUT2D eigenvalue weighted by atomic mass is 9.94. The zero-order chi connectivity index (χ0) is 13.8. The molecule has 0 unspecified atom stereocenters. The third-order valence-electron chi connectivity index (χ3n) is 3.61. The van der Waals surface area contributed by atoms with Crippen molar-refractivity contribution in [3.63, 3.8) is 0 Å². The fourth-order valence-electron chi connectivity index (χ4n) is 2.63. The van der Waals surface area contributed by atoms with E-state index in [2.05, 4.69) is 60.7 Å². The molecule has 20 heavy (non-hydrogen) atoms. The molecule has 0 radical (unpaired) electrons. The highest BCUT2D eigenvalue weighted by atomic mass is 14.2. The molecule has 3 aromatic carbocycles. The van der Waals surface area contributed by atoms with Gasteiger partial charge in [-0.05, 0) is 33.9 Å². The first kappa shape index (κ1) is 12.4. The lowest BCUT2D eigenvalue weighted by Gasteiger charge is -2.10. The number of nitrogens with zero attached hydrogens (tertiary/aromatic N) is 1. The van der Waals surface area contributed by atoms with E-state index >= 15 is 0 Å². The molecule has 0 amide bonds. The predicted octanol–water partition coefficient (Wildman–Crippen LogP) is 4.50. The Kier molecular flexibility index (Phi) is 3.48. The van der Waals surface area contributed by atoms with Gasteiger partial charge in [-0.15, -0.1) is 0 Å². The Hall–Kier alpha value is -2.59. The van der Waals surface area contributed by atoms with E-state index in [0.29, 0.717) is 6.42 Å². The third kappa shape index (κ3) is 2.41. The van der Waals surface area contributed by atoms with Crippen LogP contribution in [0.4, 0.5) is 0 Å². The van der Waals surface area contributed by atoms with Gasteiger partial charge in [-0.3, -0.25) is 0 Å². The van der Waals surface area contributed by atoms with Gasteiger partial charge in [-0.1, -0.05) is 66.7 Å². The average molecular weight is 257 g/mol. The smallest absolute Gasteiger partial charge is 0.0669 e. The van der Waals surface area contributed by atoms with Gasteiger partial charge in [-0.2, -0.15) is 5.26 Å². The topological polar surface area (TPSA) is 23.8 Å². The summed E-state index contributed by atoms with van der Waals surface area (Å²) in [5, 5.41) is 11.4. The molecular weight excluding hydrogens is 242 g/mol. The van der Waals surface area contributed by atoms with Crippen molar-refractivity contribution in [3.05, 3.63) is 83.4 Å². The van der Waals surface area contributed by atoms with E-state index in [1.54, 1.807) is 0 Å². The summed E-state index contributed by atoms with van der Waals surface area (Å²) >= 11 is 0. The largest absolute Gasteiger partial charge is 0.198 e. The van der Waals surface area contributed by atoms with Gasteiger partial charge in [-0.25, -0.2) is 0 Å². The molecule has 0 N–H and O–H groups in total. The summed E-state index contributed by atoms with van der Waals surface area (Å²) in [7, 11) is 0. The van der Waals surface area contributed by atoms with Crippen molar-refractivity contribution in [3.8, 4) is 6.07 Å². The Morgan fingerprint density at radius 2 is 1.30 bits per heavy atom. The van der Waals surface area contributed by atoms with E-state index in [1.165, 1.54) is 21.9 Å². The molecule has 0 fully saturated rings. The zero-order valence-corrected chi connectivity index (χ0v) is 11.2. The standard InChI is InChI=1S/C19H15N/c20-13-12-16-10-11-17(14-15-6-2-1-3-7-15)19-9-5-4-8-18(16)19/h1-11H,12,14H2. The molecular formula is C19H15N. The first-order valence-corrected chi connectivity index (χ1v) is 6.79. The van der Waals surface area contributed by atoms with Crippen LogP contribution in [0.3, 0.4) is 0 Å². The van der Waals surface area contributed by atoms with Crippen molar-refractivity contribution in [2.24, 2.45) is 0 Å². The first-order valence-electron chi connectivity index (χ1n) is 6.79. The minimum Gasteiger partial charge on any atom is -0.198 e. The molecule has 0 atom stereocenters. The van der Waals surface area contributed by atoms with Gasteiger partial charge in [0.2, 0.25) is 0 Å². The minimum absolute atomic E-state index is 0.464. The van der Waals surface area contributed by atoms with Gasteiger partial charge in [0, 0.05) is 0 Å². The van der Waals surface area contributed by atoms with Crippen LogP contribution < -0.4 is 0 Å². The van der Waals surface area contributed by atoms with Crippen molar-refractivity contribution < 1.29 is 0 Å². The van der Waals surface area contributed by atoms with Crippen LogP contribution in [-0.2, 0) is 12.8 Å². The van der Waals surface area contributed by atoms with Crippen LogP contribution in [0.15, 0.2) is 66.7 Å². The van der Waals surface area contributed by atoms with Crippen LogP contribution >= 0.6 is 0 Å².